The zero-order valence-corrected chi connectivity index (χ0v) is 9.76. The number of anilines is 1. The van der Waals surface area contributed by atoms with Gasteiger partial charge in [0.15, 0.2) is 0 Å². The Labute approximate surface area is 105 Å². The molecule has 2 aromatic rings. The molecule has 0 spiro atoms. The fourth-order valence-electron chi connectivity index (χ4n) is 1.58. The summed E-state index contributed by atoms with van der Waals surface area (Å²) in [5, 5.41) is 12.3. The Bertz CT molecular complexity index is 550. The lowest BCUT2D eigenvalue weighted by Crippen LogP contribution is -2.22. The number of phenols is 1. The highest BCUT2D eigenvalue weighted by Crippen LogP contribution is 2.15. The first kappa shape index (κ1) is 12.0. The Morgan fingerprint density at radius 3 is 2.44 bits per heavy atom. The van der Waals surface area contributed by atoms with Crippen LogP contribution in [0.15, 0.2) is 48.5 Å². The van der Waals surface area contributed by atoms with Gasteiger partial charge in [-0.15, -0.1) is 0 Å². The van der Waals surface area contributed by atoms with Gasteiger partial charge in [0.2, 0.25) is 0 Å². The number of nitrogens with one attached hydrogen (secondary N) is 1. The van der Waals surface area contributed by atoms with E-state index in [1.807, 2.05) is 12.1 Å². The van der Waals surface area contributed by atoms with Crippen molar-refractivity contribution >= 4 is 11.6 Å². The number of aromatic hydroxyl groups is 1. The summed E-state index contributed by atoms with van der Waals surface area (Å²) in [7, 11) is 0. The molecule has 18 heavy (non-hydrogen) atoms. The molecule has 4 N–H and O–H groups in total. The van der Waals surface area contributed by atoms with E-state index in [2.05, 4.69) is 5.32 Å². The maximum atomic E-state index is 11.8. The minimum atomic E-state index is -0.301. The third-order valence-electron chi connectivity index (χ3n) is 2.58. The van der Waals surface area contributed by atoms with E-state index < -0.39 is 0 Å². The average Bonchev–Trinajstić information content (AvgIpc) is 2.38. The first-order valence-corrected chi connectivity index (χ1v) is 5.57. The van der Waals surface area contributed by atoms with E-state index in [9.17, 15) is 9.90 Å². The number of carbonyl (C=O) groups is 1. The summed E-state index contributed by atoms with van der Waals surface area (Å²) in [6.45, 7) is 0.396. The molecule has 4 nitrogen and oxygen atoms in total. The molecule has 0 saturated carbocycles. The molecule has 0 aliphatic carbocycles. The molecule has 0 unspecified atom stereocenters. The van der Waals surface area contributed by atoms with E-state index in [0.29, 0.717) is 12.2 Å². The van der Waals surface area contributed by atoms with Gasteiger partial charge in [0, 0.05) is 12.2 Å². The number of hydrogen-bond acceptors (Lipinski definition) is 3. The van der Waals surface area contributed by atoms with Gasteiger partial charge in [0.05, 0.1) is 5.56 Å². The zero-order chi connectivity index (χ0) is 13.0. The van der Waals surface area contributed by atoms with Gasteiger partial charge in [-0.05, 0) is 29.8 Å². The van der Waals surface area contributed by atoms with Crippen molar-refractivity contribution in [3.05, 3.63) is 59.7 Å². The number of para-hydroxylation sites is 1. The van der Waals surface area contributed by atoms with Gasteiger partial charge in [0.1, 0.15) is 5.75 Å². The summed E-state index contributed by atoms with van der Waals surface area (Å²) in [5.74, 6) is -0.322. The Morgan fingerprint density at radius 2 is 1.78 bits per heavy atom. The predicted molar refractivity (Wildman–Crippen MR) is 70.1 cm³/mol. The molecule has 2 aromatic carbocycles. The van der Waals surface area contributed by atoms with Crippen molar-refractivity contribution in [3.8, 4) is 5.75 Å². The molecule has 0 aromatic heterocycles. The fraction of sp³-hybridized carbons (Fsp3) is 0.0714. The first-order valence-electron chi connectivity index (χ1n) is 5.57. The van der Waals surface area contributed by atoms with Gasteiger partial charge in [-0.3, -0.25) is 4.79 Å². The number of hydrogen-bond donors (Lipinski definition) is 3. The van der Waals surface area contributed by atoms with Crippen molar-refractivity contribution in [2.45, 2.75) is 6.54 Å². The topological polar surface area (TPSA) is 75.3 Å². The van der Waals surface area contributed by atoms with Crippen molar-refractivity contribution in [2.24, 2.45) is 0 Å². The summed E-state index contributed by atoms with van der Waals surface area (Å²) in [4.78, 5) is 11.8. The molecule has 2 rings (SSSR count). The number of nitrogens with two attached hydrogens (primary N) is 1. The lowest BCUT2D eigenvalue weighted by atomic mass is 10.1. The zero-order valence-electron chi connectivity index (χ0n) is 9.76. The van der Waals surface area contributed by atoms with E-state index in [0.717, 1.165) is 5.56 Å². The summed E-state index contributed by atoms with van der Waals surface area (Å²) >= 11 is 0. The smallest absolute Gasteiger partial charge is 0.255 e. The summed E-state index contributed by atoms with van der Waals surface area (Å²) in [5.41, 5.74) is 7.48. The number of nitrogen functional groups attached to an aromatic ring is 1. The van der Waals surface area contributed by atoms with Crippen molar-refractivity contribution in [1.29, 1.82) is 0 Å². The number of carbonyl (C=O) groups excluding carboxylic acids is 1. The Kier molecular flexibility index (Phi) is 3.48. The van der Waals surface area contributed by atoms with Gasteiger partial charge >= 0.3 is 0 Å². The fourth-order valence-corrected chi connectivity index (χ4v) is 1.58. The van der Waals surface area contributed by atoms with Crippen molar-refractivity contribution in [2.75, 3.05) is 5.73 Å². The SMILES string of the molecule is Nc1ccc(CNC(=O)c2ccccc2O)cc1. The highest BCUT2D eigenvalue weighted by Gasteiger charge is 2.09. The normalized spacial score (nSPS) is 10.0. The van der Waals surface area contributed by atoms with E-state index >= 15 is 0 Å². The van der Waals surface area contributed by atoms with E-state index in [4.69, 9.17) is 5.73 Å². The van der Waals surface area contributed by atoms with Gasteiger partial charge in [0.25, 0.3) is 5.91 Å². The van der Waals surface area contributed by atoms with E-state index in [1.54, 1.807) is 30.3 Å². The molecule has 92 valence electrons. The number of benzene rings is 2. The second kappa shape index (κ2) is 5.23. The second-order valence-electron chi connectivity index (χ2n) is 3.94. The van der Waals surface area contributed by atoms with Crippen molar-refractivity contribution < 1.29 is 9.90 Å². The molecule has 1 amide bonds. The third-order valence-corrected chi connectivity index (χ3v) is 2.58. The van der Waals surface area contributed by atoms with Crippen LogP contribution in [0.4, 0.5) is 5.69 Å². The van der Waals surface area contributed by atoms with Crippen LogP contribution < -0.4 is 11.1 Å². The van der Waals surface area contributed by atoms with Gasteiger partial charge in [-0.25, -0.2) is 0 Å². The minimum absolute atomic E-state index is 0.0210. The molecule has 0 atom stereocenters. The lowest BCUT2D eigenvalue weighted by Gasteiger charge is -2.07. The highest BCUT2D eigenvalue weighted by molar-refractivity contribution is 5.96. The lowest BCUT2D eigenvalue weighted by molar-refractivity contribution is 0.0948. The molecule has 0 radical (unpaired) electrons. The van der Waals surface area contributed by atoms with Crippen LogP contribution in [-0.4, -0.2) is 11.0 Å². The maximum Gasteiger partial charge on any atom is 0.255 e. The van der Waals surface area contributed by atoms with Crippen LogP contribution in [0.3, 0.4) is 0 Å². The molecule has 0 heterocycles. The molecule has 0 aliphatic heterocycles. The summed E-state index contributed by atoms with van der Waals surface area (Å²) in [6, 6.07) is 13.7. The van der Waals surface area contributed by atoms with Gasteiger partial charge < -0.3 is 16.2 Å². The molecule has 0 fully saturated rings. The van der Waals surface area contributed by atoms with E-state index in [-0.39, 0.29) is 17.2 Å². The quantitative estimate of drug-likeness (QED) is 0.719. The van der Waals surface area contributed by atoms with Crippen LogP contribution in [0.2, 0.25) is 0 Å². The minimum Gasteiger partial charge on any atom is -0.507 e. The molecular weight excluding hydrogens is 228 g/mol. The Hall–Kier alpha value is -2.49. The van der Waals surface area contributed by atoms with Crippen LogP contribution in [0.1, 0.15) is 15.9 Å². The number of rotatable bonds is 3. The molecular formula is C14H14N2O2. The summed E-state index contributed by atoms with van der Waals surface area (Å²) in [6.07, 6.45) is 0. The highest BCUT2D eigenvalue weighted by atomic mass is 16.3. The Balaban J connectivity index is 2.01. The maximum absolute atomic E-state index is 11.8. The van der Waals surface area contributed by atoms with Crippen LogP contribution in [0.25, 0.3) is 0 Å². The predicted octanol–water partition coefficient (Wildman–Crippen LogP) is 1.90. The second-order valence-corrected chi connectivity index (χ2v) is 3.94. The van der Waals surface area contributed by atoms with Gasteiger partial charge in [-0.2, -0.15) is 0 Å². The third kappa shape index (κ3) is 2.79. The van der Waals surface area contributed by atoms with Gasteiger partial charge in [-0.1, -0.05) is 24.3 Å². The molecule has 4 heteroatoms. The van der Waals surface area contributed by atoms with E-state index in [1.165, 1.54) is 6.07 Å². The Morgan fingerprint density at radius 1 is 1.11 bits per heavy atom. The van der Waals surface area contributed by atoms with Crippen molar-refractivity contribution in [1.82, 2.24) is 5.32 Å². The standard InChI is InChI=1S/C14H14N2O2/c15-11-7-5-10(6-8-11)9-16-14(18)12-3-1-2-4-13(12)17/h1-8,17H,9,15H2,(H,16,18). The van der Waals surface area contributed by atoms with Crippen LogP contribution >= 0.6 is 0 Å². The van der Waals surface area contributed by atoms with Crippen LogP contribution in [-0.2, 0) is 6.54 Å². The summed E-state index contributed by atoms with van der Waals surface area (Å²) < 4.78 is 0. The van der Waals surface area contributed by atoms with Crippen molar-refractivity contribution in [3.63, 3.8) is 0 Å². The van der Waals surface area contributed by atoms with Crippen LogP contribution in [0, 0.1) is 0 Å². The first-order chi connectivity index (χ1) is 8.66. The van der Waals surface area contributed by atoms with Crippen LogP contribution in [0.5, 0.6) is 5.75 Å². The molecule has 0 aliphatic rings. The monoisotopic (exact) mass is 242 g/mol. The molecule has 0 bridgehead atoms. The largest absolute Gasteiger partial charge is 0.507 e. The number of amides is 1. The molecule has 0 saturated heterocycles. The number of phenolic OH excluding ortho intramolecular Hbond substituents is 1. The average molecular weight is 242 g/mol.